The summed E-state index contributed by atoms with van der Waals surface area (Å²) in [6.45, 7) is 2.63. The summed E-state index contributed by atoms with van der Waals surface area (Å²) in [5.41, 5.74) is 2.55. The fourth-order valence-corrected chi connectivity index (χ4v) is 4.93. The van der Waals surface area contributed by atoms with E-state index in [1.807, 2.05) is 12.1 Å². The Morgan fingerprint density at radius 3 is 2.46 bits per heavy atom. The first-order valence-electron chi connectivity index (χ1n) is 11.0. The van der Waals surface area contributed by atoms with Crippen LogP contribution in [0.1, 0.15) is 43.7 Å². The first-order valence-corrected chi connectivity index (χ1v) is 12.1. The molecule has 0 spiro atoms. The zero-order valence-electron chi connectivity index (χ0n) is 19.1. The number of ether oxygens (including phenoxy) is 5. The number of amides is 1. The van der Waals surface area contributed by atoms with Crippen molar-refractivity contribution in [2.24, 2.45) is 0 Å². The van der Waals surface area contributed by atoms with Gasteiger partial charge in [0.25, 0.3) is 0 Å². The van der Waals surface area contributed by atoms with Crippen LogP contribution < -0.4 is 9.47 Å². The van der Waals surface area contributed by atoms with Crippen LogP contribution in [0.3, 0.4) is 0 Å². The molecule has 0 bridgehead atoms. The van der Waals surface area contributed by atoms with Crippen LogP contribution >= 0.6 is 34.8 Å². The molecular formula is C23H24Cl3NO8. The normalized spacial score (nSPS) is 22.5. The smallest absolute Gasteiger partial charge is 0.410 e. The minimum absolute atomic E-state index is 0.0994. The Kier molecular flexibility index (Phi) is 7.59. The zero-order chi connectivity index (χ0) is 25.3. The number of nitrogens with zero attached hydrogens (tertiary/aromatic N) is 1. The van der Waals surface area contributed by atoms with Gasteiger partial charge in [0.05, 0.1) is 19.2 Å². The maximum atomic E-state index is 13.2. The quantitative estimate of drug-likeness (QED) is 0.231. The van der Waals surface area contributed by atoms with Crippen LogP contribution in [-0.4, -0.2) is 58.9 Å². The lowest BCUT2D eigenvalue weighted by Gasteiger charge is -2.46. The van der Waals surface area contributed by atoms with Gasteiger partial charge < -0.3 is 23.7 Å². The highest BCUT2D eigenvalue weighted by Crippen LogP contribution is 2.48. The third-order valence-corrected chi connectivity index (χ3v) is 6.29. The molecule has 3 aliphatic rings. The number of hydrogen-bond donors (Lipinski definition) is 0. The van der Waals surface area contributed by atoms with Crippen molar-refractivity contribution < 1.29 is 38.1 Å². The predicted octanol–water partition coefficient (Wildman–Crippen LogP) is 4.40. The molecule has 1 aromatic rings. The molecule has 3 unspecified atom stereocenters. The molecule has 35 heavy (non-hydrogen) atoms. The van der Waals surface area contributed by atoms with Crippen LogP contribution in [0, 0.1) is 0 Å². The first-order chi connectivity index (χ1) is 16.5. The number of carbonyl (C=O) groups is 3. The second-order valence-electron chi connectivity index (χ2n) is 8.47. The van der Waals surface area contributed by atoms with Crippen LogP contribution in [0.25, 0.3) is 0 Å². The lowest BCUT2D eigenvalue weighted by atomic mass is 9.73. The summed E-state index contributed by atoms with van der Waals surface area (Å²) < 4.78 is 25.3. The Balaban J connectivity index is 1.73. The monoisotopic (exact) mass is 547 g/mol. The molecule has 4 rings (SSSR count). The molecule has 0 saturated heterocycles. The van der Waals surface area contributed by atoms with E-state index in [4.69, 9.17) is 58.5 Å². The SMILES string of the molecule is CC(=O)OCCC1=CC(OC(C)=O)CC2c3cc4c(cc3CN(C(=O)OCC(Cl)(Cl)Cl)C12)OCO4. The summed E-state index contributed by atoms with van der Waals surface area (Å²) in [5.74, 6) is 0.0691. The Morgan fingerprint density at radius 1 is 1.09 bits per heavy atom. The number of benzene rings is 1. The molecule has 0 radical (unpaired) electrons. The van der Waals surface area contributed by atoms with Crippen LogP contribution in [0.2, 0.25) is 0 Å². The fourth-order valence-electron chi connectivity index (χ4n) is 4.76. The number of halogens is 3. The predicted molar refractivity (Wildman–Crippen MR) is 126 cm³/mol. The number of carbonyl (C=O) groups excluding carboxylic acids is 3. The van der Waals surface area contributed by atoms with E-state index in [0.29, 0.717) is 24.3 Å². The van der Waals surface area contributed by atoms with E-state index in [9.17, 15) is 14.4 Å². The Morgan fingerprint density at radius 2 is 1.80 bits per heavy atom. The summed E-state index contributed by atoms with van der Waals surface area (Å²) in [7, 11) is 0. The van der Waals surface area contributed by atoms with E-state index in [1.54, 1.807) is 11.0 Å². The Labute approximate surface area is 217 Å². The van der Waals surface area contributed by atoms with Crippen molar-refractivity contribution in [3.8, 4) is 11.5 Å². The lowest BCUT2D eigenvalue weighted by molar-refractivity contribution is -0.145. The van der Waals surface area contributed by atoms with Crippen molar-refractivity contribution in [3.05, 3.63) is 34.9 Å². The van der Waals surface area contributed by atoms with Crippen molar-refractivity contribution in [1.82, 2.24) is 4.90 Å². The van der Waals surface area contributed by atoms with Gasteiger partial charge >= 0.3 is 18.0 Å². The molecule has 1 aromatic carbocycles. The van der Waals surface area contributed by atoms with E-state index in [2.05, 4.69) is 0 Å². The van der Waals surface area contributed by atoms with E-state index in [-0.39, 0.29) is 25.9 Å². The number of rotatable bonds is 5. The maximum Gasteiger partial charge on any atom is 0.410 e. The van der Waals surface area contributed by atoms with E-state index in [1.165, 1.54) is 13.8 Å². The van der Waals surface area contributed by atoms with E-state index in [0.717, 1.165) is 16.7 Å². The van der Waals surface area contributed by atoms with Gasteiger partial charge in [0, 0.05) is 26.2 Å². The molecule has 0 N–H and O–H groups in total. The summed E-state index contributed by atoms with van der Waals surface area (Å²) in [5, 5.41) is 0. The largest absolute Gasteiger partial charge is 0.466 e. The van der Waals surface area contributed by atoms with Crippen molar-refractivity contribution in [2.45, 2.75) is 55.1 Å². The van der Waals surface area contributed by atoms with E-state index >= 15 is 0 Å². The summed E-state index contributed by atoms with van der Waals surface area (Å²) in [4.78, 5) is 37.9. The van der Waals surface area contributed by atoms with Crippen LogP contribution in [-0.2, 0) is 30.3 Å². The third kappa shape index (κ3) is 6.08. The van der Waals surface area contributed by atoms with Gasteiger partial charge in [0.15, 0.2) is 11.5 Å². The van der Waals surface area contributed by atoms with Crippen LogP contribution in [0.4, 0.5) is 4.79 Å². The molecule has 0 aromatic heterocycles. The number of fused-ring (bicyclic) bond motifs is 4. The highest BCUT2D eigenvalue weighted by molar-refractivity contribution is 6.67. The van der Waals surface area contributed by atoms with Gasteiger partial charge in [-0.05, 0) is 41.3 Å². The zero-order valence-corrected chi connectivity index (χ0v) is 21.3. The second kappa shape index (κ2) is 10.3. The summed E-state index contributed by atoms with van der Waals surface area (Å²) in [6, 6.07) is 3.27. The molecule has 9 nitrogen and oxygen atoms in total. The van der Waals surface area contributed by atoms with Crippen molar-refractivity contribution in [2.75, 3.05) is 20.0 Å². The van der Waals surface area contributed by atoms with Gasteiger partial charge in [-0.3, -0.25) is 14.5 Å². The summed E-state index contributed by atoms with van der Waals surface area (Å²) >= 11 is 17.4. The Hall–Kier alpha value is -2.36. The van der Waals surface area contributed by atoms with Gasteiger partial charge in [-0.1, -0.05) is 34.8 Å². The van der Waals surface area contributed by atoms with E-state index < -0.39 is 40.6 Å². The maximum absolute atomic E-state index is 13.2. The van der Waals surface area contributed by atoms with Gasteiger partial charge in [0.2, 0.25) is 10.6 Å². The molecular weight excluding hydrogens is 525 g/mol. The summed E-state index contributed by atoms with van der Waals surface area (Å²) in [6.07, 6.45) is 1.35. The minimum Gasteiger partial charge on any atom is -0.466 e. The molecule has 1 aliphatic carbocycles. The highest BCUT2D eigenvalue weighted by Gasteiger charge is 2.45. The molecule has 12 heteroatoms. The molecule has 190 valence electrons. The first kappa shape index (κ1) is 25.7. The van der Waals surface area contributed by atoms with Crippen molar-refractivity contribution >= 4 is 52.8 Å². The number of hydrogen-bond acceptors (Lipinski definition) is 8. The molecule has 0 fully saturated rings. The lowest BCUT2D eigenvalue weighted by Crippen LogP contribution is -2.51. The highest BCUT2D eigenvalue weighted by atomic mass is 35.6. The average Bonchev–Trinajstić information content (AvgIpc) is 3.21. The Bertz CT molecular complexity index is 1050. The molecule has 1 amide bonds. The second-order valence-corrected chi connectivity index (χ2v) is 11.0. The van der Waals surface area contributed by atoms with Crippen molar-refractivity contribution in [3.63, 3.8) is 0 Å². The fraction of sp³-hybridized carbons (Fsp3) is 0.522. The minimum atomic E-state index is -1.77. The van der Waals surface area contributed by atoms with Crippen molar-refractivity contribution in [1.29, 1.82) is 0 Å². The third-order valence-electron chi connectivity index (χ3n) is 5.96. The van der Waals surface area contributed by atoms with Gasteiger partial charge in [0.1, 0.15) is 12.7 Å². The van der Waals surface area contributed by atoms with Crippen LogP contribution in [0.5, 0.6) is 11.5 Å². The van der Waals surface area contributed by atoms with Gasteiger partial charge in [-0.15, -0.1) is 0 Å². The molecule has 3 atom stereocenters. The van der Waals surface area contributed by atoms with Gasteiger partial charge in [-0.25, -0.2) is 4.79 Å². The molecule has 0 saturated carbocycles. The number of esters is 2. The standard InChI is InChI=1S/C23H24Cl3NO8/c1-12(28)31-4-3-14-5-16(35-13(2)29)7-18-17-8-20-19(33-11-34-20)6-15(17)9-27(21(14)18)22(30)32-10-23(24,25)26/h5-6,8,16,18,21H,3-4,7,9-11H2,1-2H3. The van der Waals surface area contributed by atoms with Gasteiger partial charge in [-0.2, -0.15) is 0 Å². The molecule has 2 aliphatic heterocycles. The molecule has 2 heterocycles. The topological polar surface area (TPSA) is 101 Å². The average molecular weight is 549 g/mol. The number of alkyl halides is 3. The van der Waals surface area contributed by atoms with Crippen LogP contribution in [0.15, 0.2) is 23.8 Å².